The third-order valence-electron chi connectivity index (χ3n) is 4.80. The summed E-state index contributed by atoms with van der Waals surface area (Å²) in [5, 5.41) is 7.59. The van der Waals surface area contributed by atoms with Crippen molar-refractivity contribution < 1.29 is 8.91 Å². The van der Waals surface area contributed by atoms with Gasteiger partial charge in [0.25, 0.3) is 0 Å². The number of hydrogen-bond donors (Lipinski definition) is 1. The minimum atomic E-state index is -2.32. The molecule has 134 valence electrons. The number of fused-ring (bicyclic) bond motifs is 1. The van der Waals surface area contributed by atoms with E-state index in [2.05, 4.69) is 25.3 Å². The summed E-state index contributed by atoms with van der Waals surface area (Å²) in [6, 6.07) is 3.45. The molecule has 0 aliphatic carbocycles. The molecule has 4 rings (SSSR count). The summed E-state index contributed by atoms with van der Waals surface area (Å²) in [7, 11) is 0. The molecule has 1 aliphatic rings. The molecular formula is C19H22N6O. The van der Waals surface area contributed by atoms with E-state index in [1.165, 1.54) is 12.4 Å². The third-order valence-corrected chi connectivity index (χ3v) is 4.80. The second-order valence-electron chi connectivity index (χ2n) is 6.57. The van der Waals surface area contributed by atoms with Crippen LogP contribution in [0.1, 0.15) is 23.9 Å². The average Bonchev–Trinajstić information content (AvgIpc) is 3.38. The van der Waals surface area contributed by atoms with Gasteiger partial charge in [0.1, 0.15) is 5.82 Å². The molecule has 0 unspecified atom stereocenters. The zero-order valence-electron chi connectivity index (χ0n) is 17.5. The van der Waals surface area contributed by atoms with Gasteiger partial charge in [-0.25, -0.2) is 4.98 Å². The number of carbonyl (C=O) groups excluding carboxylic acids is 1. The van der Waals surface area contributed by atoms with Crippen LogP contribution in [-0.4, -0.2) is 49.7 Å². The molecular weight excluding hydrogens is 328 g/mol. The van der Waals surface area contributed by atoms with E-state index in [-0.39, 0.29) is 11.9 Å². The molecule has 0 saturated carbocycles. The molecule has 26 heavy (non-hydrogen) atoms. The smallest absolute Gasteiger partial charge is 0.242 e. The van der Waals surface area contributed by atoms with Crippen molar-refractivity contribution >= 4 is 22.6 Å². The molecule has 7 heteroatoms. The van der Waals surface area contributed by atoms with Crippen molar-refractivity contribution in [3.63, 3.8) is 0 Å². The number of nitrogens with zero attached hydrogens (tertiary/aromatic N) is 5. The monoisotopic (exact) mass is 353 g/mol. The van der Waals surface area contributed by atoms with Crippen LogP contribution in [0.5, 0.6) is 0 Å². The Morgan fingerprint density at radius 1 is 1.19 bits per heavy atom. The van der Waals surface area contributed by atoms with Crippen LogP contribution in [-0.2, 0) is 11.8 Å². The van der Waals surface area contributed by atoms with E-state index in [0.29, 0.717) is 16.9 Å². The molecule has 0 aromatic carbocycles. The summed E-state index contributed by atoms with van der Waals surface area (Å²) in [6.45, 7) is 1.47. The van der Waals surface area contributed by atoms with Crippen molar-refractivity contribution in [2.75, 3.05) is 18.4 Å². The highest BCUT2D eigenvalue weighted by molar-refractivity contribution is 5.95. The number of anilines is 1. The predicted octanol–water partition coefficient (Wildman–Crippen LogP) is 2.45. The summed E-state index contributed by atoms with van der Waals surface area (Å²) < 4.78 is 23.3. The lowest BCUT2D eigenvalue weighted by Gasteiger charge is -2.22. The fraction of sp³-hybridized carbons (Fsp3) is 0.368. The largest absolute Gasteiger partial charge is 0.309 e. The Morgan fingerprint density at radius 3 is 2.81 bits per heavy atom. The summed E-state index contributed by atoms with van der Waals surface area (Å²) in [6.07, 6.45) is 8.48. The van der Waals surface area contributed by atoms with E-state index in [0.717, 1.165) is 41.6 Å². The average molecular weight is 353 g/mol. The molecule has 0 spiro atoms. The zero-order chi connectivity index (χ0) is 20.6. The summed E-state index contributed by atoms with van der Waals surface area (Å²) >= 11 is 0. The number of likely N-dealkylation sites (tertiary alicyclic amines) is 1. The molecule has 3 aromatic heterocycles. The first-order valence-electron chi connectivity index (χ1n) is 10.2. The Labute approximate surface area is 156 Å². The second-order valence-corrected chi connectivity index (χ2v) is 6.57. The van der Waals surface area contributed by atoms with E-state index in [4.69, 9.17) is 4.11 Å². The Balaban J connectivity index is 1.56. The quantitative estimate of drug-likeness (QED) is 0.780. The van der Waals surface area contributed by atoms with Crippen molar-refractivity contribution in [2.24, 2.45) is 6.98 Å². The SMILES string of the molecule is [2H]C([2H])([2H])n1cc(-c2cnc3cnc(NC(=O)[C@H](C)N4CCCC4)cc3c2)cn1. The van der Waals surface area contributed by atoms with Crippen LogP contribution in [0.25, 0.3) is 22.0 Å². The molecule has 1 aliphatic heterocycles. The molecule has 1 fully saturated rings. The maximum Gasteiger partial charge on any atom is 0.242 e. The van der Waals surface area contributed by atoms with Gasteiger partial charge in [0.15, 0.2) is 0 Å². The van der Waals surface area contributed by atoms with E-state index >= 15 is 0 Å². The number of hydrogen-bond acceptors (Lipinski definition) is 5. The Bertz CT molecular complexity index is 1040. The van der Waals surface area contributed by atoms with Crippen molar-refractivity contribution in [3.8, 4) is 11.1 Å². The van der Waals surface area contributed by atoms with Gasteiger partial charge in [-0.1, -0.05) is 0 Å². The summed E-state index contributed by atoms with van der Waals surface area (Å²) in [5.74, 6) is 0.382. The highest BCUT2D eigenvalue weighted by Crippen LogP contribution is 2.23. The van der Waals surface area contributed by atoms with Crippen LogP contribution >= 0.6 is 0 Å². The predicted molar refractivity (Wildman–Crippen MR) is 101 cm³/mol. The van der Waals surface area contributed by atoms with Gasteiger partial charge in [0.05, 0.1) is 24.0 Å². The van der Waals surface area contributed by atoms with Crippen molar-refractivity contribution in [2.45, 2.75) is 25.8 Å². The van der Waals surface area contributed by atoms with E-state index in [9.17, 15) is 4.79 Å². The molecule has 1 amide bonds. The van der Waals surface area contributed by atoms with Gasteiger partial charge >= 0.3 is 0 Å². The summed E-state index contributed by atoms with van der Waals surface area (Å²) in [4.78, 5) is 23.4. The fourth-order valence-corrected chi connectivity index (χ4v) is 3.25. The lowest BCUT2D eigenvalue weighted by atomic mass is 10.1. The molecule has 1 atom stereocenters. The molecule has 4 heterocycles. The van der Waals surface area contributed by atoms with E-state index < -0.39 is 6.98 Å². The van der Waals surface area contributed by atoms with Gasteiger partial charge in [0.2, 0.25) is 5.91 Å². The Hall–Kier alpha value is -2.80. The summed E-state index contributed by atoms with van der Waals surface area (Å²) in [5.41, 5.74) is 2.07. The van der Waals surface area contributed by atoms with Gasteiger partial charge in [-0.2, -0.15) is 5.10 Å². The van der Waals surface area contributed by atoms with Gasteiger partial charge < -0.3 is 5.32 Å². The van der Waals surface area contributed by atoms with Crippen LogP contribution in [0, 0.1) is 0 Å². The van der Waals surface area contributed by atoms with Crippen LogP contribution in [0.3, 0.4) is 0 Å². The third kappa shape index (κ3) is 3.30. The standard InChI is InChI=1S/C19H22N6O/c1-13(25-5-3-4-6-25)19(26)23-18-8-14-7-15(9-20-17(14)11-21-18)16-10-22-24(2)12-16/h7-13H,3-6H2,1-2H3,(H,21,23,26)/t13-/m0/s1/i2D3. The van der Waals surface area contributed by atoms with Crippen LogP contribution in [0.15, 0.2) is 36.9 Å². The highest BCUT2D eigenvalue weighted by Gasteiger charge is 2.24. The van der Waals surface area contributed by atoms with Crippen LogP contribution in [0.4, 0.5) is 5.82 Å². The van der Waals surface area contributed by atoms with Gasteiger partial charge in [-0.15, -0.1) is 0 Å². The normalized spacial score (nSPS) is 18.3. The maximum atomic E-state index is 12.5. The van der Waals surface area contributed by atoms with Gasteiger partial charge in [-0.05, 0) is 45.0 Å². The first-order chi connectivity index (χ1) is 13.8. The van der Waals surface area contributed by atoms with Gasteiger partial charge in [-0.3, -0.25) is 19.4 Å². The molecule has 1 N–H and O–H groups in total. The highest BCUT2D eigenvalue weighted by atomic mass is 16.2. The van der Waals surface area contributed by atoms with Crippen LogP contribution in [0.2, 0.25) is 0 Å². The first-order valence-corrected chi connectivity index (χ1v) is 8.67. The minimum Gasteiger partial charge on any atom is -0.309 e. The number of nitrogens with one attached hydrogen (secondary N) is 1. The maximum absolute atomic E-state index is 12.5. The number of aromatic nitrogens is 4. The van der Waals surface area contributed by atoms with Crippen molar-refractivity contribution in [1.29, 1.82) is 0 Å². The number of rotatable bonds is 4. The lowest BCUT2D eigenvalue weighted by Crippen LogP contribution is -2.40. The van der Waals surface area contributed by atoms with Crippen molar-refractivity contribution in [1.82, 2.24) is 24.6 Å². The first kappa shape index (κ1) is 13.4. The molecule has 0 bridgehead atoms. The molecule has 7 nitrogen and oxygen atoms in total. The Morgan fingerprint density at radius 2 is 2.04 bits per heavy atom. The molecule has 0 radical (unpaired) electrons. The van der Waals surface area contributed by atoms with E-state index in [1.54, 1.807) is 18.5 Å². The Kier molecular flexibility index (Phi) is 3.53. The number of pyridine rings is 2. The second kappa shape index (κ2) is 6.84. The number of carbonyl (C=O) groups is 1. The fourth-order valence-electron chi connectivity index (χ4n) is 3.25. The van der Waals surface area contributed by atoms with Crippen LogP contribution < -0.4 is 5.32 Å². The zero-order valence-corrected chi connectivity index (χ0v) is 14.5. The van der Waals surface area contributed by atoms with Gasteiger partial charge in [0, 0.05) is 40.0 Å². The van der Waals surface area contributed by atoms with Crippen molar-refractivity contribution in [3.05, 3.63) is 36.9 Å². The molecule has 1 saturated heterocycles. The number of amides is 1. The topological polar surface area (TPSA) is 75.9 Å². The van der Waals surface area contributed by atoms with E-state index in [1.807, 2.05) is 13.0 Å². The molecule has 3 aromatic rings. The lowest BCUT2D eigenvalue weighted by molar-refractivity contribution is -0.120. The minimum absolute atomic E-state index is 0.0817. The number of aryl methyl sites for hydroxylation is 1.